The van der Waals surface area contributed by atoms with Gasteiger partial charge in [-0.05, 0) is 0 Å². The van der Waals surface area contributed by atoms with Crippen LogP contribution in [0.15, 0.2) is 0 Å². The quantitative estimate of drug-likeness (QED) is 0.445. The number of aliphatic carboxylic acids is 2. The maximum absolute atomic E-state index is 11.8. The number of carbonyl (C=O) groups is 2. The van der Waals surface area contributed by atoms with Crippen LogP contribution in [0, 0.1) is 0 Å². The van der Waals surface area contributed by atoms with E-state index in [2.05, 4.69) is 0 Å². The summed E-state index contributed by atoms with van der Waals surface area (Å²) in [6.45, 7) is 2.43. The molecule has 132 valence electrons. The van der Waals surface area contributed by atoms with Gasteiger partial charge in [-0.3, -0.25) is 0 Å². The van der Waals surface area contributed by atoms with Gasteiger partial charge in [0.1, 0.15) is 0 Å². The molecule has 0 heterocycles. The molecule has 0 aliphatic carbocycles. The Morgan fingerprint density at radius 3 is 1.45 bits per heavy atom. The number of carboxylic acids is 2. The molecule has 0 aliphatic rings. The standard InChI is InChI=1S/C16H33O5P/c1-4-7-10-22(21,11-8-5-2,12-9-6-3)14(16(19)20)13-15(17)18/h14,21H,4-13H2,1-3H3,(H,17,18)(H,19,20). The van der Waals surface area contributed by atoms with E-state index in [1.54, 1.807) is 0 Å². The Hall–Kier alpha value is -0.670. The Kier molecular flexibility index (Phi) is 9.18. The van der Waals surface area contributed by atoms with Crippen LogP contribution in [0.2, 0.25) is 0 Å². The van der Waals surface area contributed by atoms with Crippen molar-refractivity contribution < 1.29 is 24.7 Å². The van der Waals surface area contributed by atoms with Crippen LogP contribution in [0.1, 0.15) is 65.7 Å². The molecule has 1 unspecified atom stereocenters. The van der Waals surface area contributed by atoms with Crippen LogP contribution in [0.5, 0.6) is 0 Å². The molecular weight excluding hydrogens is 303 g/mol. The second-order valence-corrected chi connectivity index (χ2v) is 11.9. The normalized spacial score (nSPS) is 15.0. The summed E-state index contributed by atoms with van der Waals surface area (Å²) in [5, 5.41) is 18.8. The SMILES string of the molecule is CCCCP(O)(CCCC)(CCCC)C(CC(=O)O)C(=O)O. The number of unbranched alkanes of at least 4 members (excludes halogenated alkanes) is 3. The van der Waals surface area contributed by atoms with Crippen LogP contribution in [0.4, 0.5) is 0 Å². The molecule has 3 N–H and O–H groups in total. The van der Waals surface area contributed by atoms with Crippen LogP contribution < -0.4 is 0 Å². The number of hydrogen-bond donors (Lipinski definition) is 3. The van der Waals surface area contributed by atoms with Crippen molar-refractivity contribution >= 4 is 18.8 Å². The summed E-state index contributed by atoms with van der Waals surface area (Å²) in [6.07, 6.45) is 5.84. The van der Waals surface area contributed by atoms with Crippen LogP contribution in [-0.4, -0.2) is 51.2 Å². The zero-order valence-electron chi connectivity index (χ0n) is 14.3. The van der Waals surface area contributed by atoms with Crippen molar-refractivity contribution in [3.8, 4) is 0 Å². The third-order valence-corrected chi connectivity index (χ3v) is 10.8. The molecule has 0 radical (unpaired) electrons. The fourth-order valence-corrected chi connectivity index (χ4v) is 9.27. The van der Waals surface area contributed by atoms with E-state index < -0.39 is 30.8 Å². The van der Waals surface area contributed by atoms with Crippen LogP contribution in [0.3, 0.4) is 0 Å². The molecule has 22 heavy (non-hydrogen) atoms. The fourth-order valence-electron chi connectivity index (χ4n) is 3.20. The molecule has 5 nitrogen and oxygen atoms in total. The van der Waals surface area contributed by atoms with Crippen LogP contribution in [0.25, 0.3) is 0 Å². The van der Waals surface area contributed by atoms with Gasteiger partial charge in [-0.25, -0.2) is 0 Å². The van der Waals surface area contributed by atoms with Crippen molar-refractivity contribution in [2.45, 2.75) is 71.4 Å². The monoisotopic (exact) mass is 336 g/mol. The van der Waals surface area contributed by atoms with E-state index in [0.717, 1.165) is 38.5 Å². The van der Waals surface area contributed by atoms with E-state index in [9.17, 15) is 19.6 Å². The van der Waals surface area contributed by atoms with E-state index in [1.165, 1.54) is 0 Å². The minimum atomic E-state index is -3.59. The van der Waals surface area contributed by atoms with Crippen LogP contribution >= 0.6 is 6.83 Å². The molecule has 0 spiro atoms. The van der Waals surface area contributed by atoms with Crippen LogP contribution in [-0.2, 0) is 9.59 Å². The van der Waals surface area contributed by atoms with Gasteiger partial charge in [-0.1, -0.05) is 0 Å². The third kappa shape index (κ3) is 5.85. The van der Waals surface area contributed by atoms with Crippen molar-refractivity contribution in [3.63, 3.8) is 0 Å². The molecule has 0 bridgehead atoms. The second kappa shape index (κ2) is 9.46. The first kappa shape index (κ1) is 21.3. The first-order chi connectivity index (χ1) is 10.2. The first-order valence-electron chi connectivity index (χ1n) is 8.43. The predicted octanol–water partition coefficient (Wildman–Crippen LogP) is 3.78. The summed E-state index contributed by atoms with van der Waals surface area (Å²) in [5.41, 5.74) is -1.13. The van der Waals surface area contributed by atoms with Gasteiger partial charge in [0.25, 0.3) is 0 Å². The molecule has 6 heteroatoms. The Labute approximate surface area is 134 Å². The summed E-state index contributed by atoms with van der Waals surface area (Å²) >= 11 is 0. The van der Waals surface area contributed by atoms with E-state index in [1.807, 2.05) is 20.8 Å². The third-order valence-electron chi connectivity index (χ3n) is 4.62. The van der Waals surface area contributed by atoms with E-state index in [-0.39, 0.29) is 0 Å². The Morgan fingerprint density at radius 1 is 0.864 bits per heavy atom. The maximum atomic E-state index is 11.8. The minimum absolute atomic E-state index is 0.471. The van der Waals surface area contributed by atoms with Gasteiger partial charge in [0, 0.05) is 0 Å². The average Bonchev–Trinajstić information content (AvgIpc) is 2.47. The Bertz CT molecular complexity index is 345. The molecule has 0 amide bonds. The van der Waals surface area contributed by atoms with E-state index in [4.69, 9.17) is 5.11 Å². The van der Waals surface area contributed by atoms with Crippen molar-refractivity contribution in [3.05, 3.63) is 0 Å². The van der Waals surface area contributed by atoms with Crippen molar-refractivity contribution in [2.24, 2.45) is 0 Å². The fraction of sp³-hybridized carbons (Fsp3) is 0.875. The molecule has 0 aromatic heterocycles. The summed E-state index contributed by atoms with van der Waals surface area (Å²) in [5.74, 6) is -2.29. The zero-order chi connectivity index (χ0) is 17.3. The molecule has 0 aromatic rings. The average molecular weight is 336 g/mol. The summed E-state index contributed by atoms with van der Waals surface area (Å²) in [6, 6.07) is 0. The number of rotatable bonds is 13. The van der Waals surface area contributed by atoms with E-state index in [0.29, 0.717) is 18.5 Å². The van der Waals surface area contributed by atoms with Gasteiger partial charge in [0.05, 0.1) is 0 Å². The second-order valence-electron chi connectivity index (χ2n) is 6.44. The Morgan fingerprint density at radius 2 is 1.23 bits per heavy atom. The van der Waals surface area contributed by atoms with Gasteiger partial charge in [-0.15, -0.1) is 0 Å². The Balaban J connectivity index is 5.80. The van der Waals surface area contributed by atoms with Crippen molar-refractivity contribution in [2.75, 3.05) is 18.5 Å². The molecule has 0 aromatic carbocycles. The molecule has 0 fully saturated rings. The zero-order valence-corrected chi connectivity index (χ0v) is 15.1. The molecular formula is C16H33O5P. The topological polar surface area (TPSA) is 94.8 Å². The predicted molar refractivity (Wildman–Crippen MR) is 92.1 cm³/mol. The summed E-state index contributed by atoms with van der Waals surface area (Å²) in [4.78, 5) is 34.7. The molecule has 1 atom stereocenters. The van der Waals surface area contributed by atoms with Gasteiger partial charge >= 0.3 is 133 Å². The summed E-state index contributed by atoms with van der Waals surface area (Å²) in [7, 11) is 0. The van der Waals surface area contributed by atoms with Gasteiger partial charge in [-0.2, -0.15) is 0 Å². The van der Waals surface area contributed by atoms with E-state index >= 15 is 0 Å². The number of hydrogen-bond acceptors (Lipinski definition) is 3. The molecule has 0 saturated carbocycles. The van der Waals surface area contributed by atoms with Gasteiger partial charge < -0.3 is 0 Å². The molecule has 0 saturated heterocycles. The molecule has 0 aliphatic heterocycles. The molecule has 0 rings (SSSR count). The van der Waals surface area contributed by atoms with Crippen molar-refractivity contribution in [1.29, 1.82) is 0 Å². The summed E-state index contributed by atoms with van der Waals surface area (Å²) < 4.78 is 0. The first-order valence-corrected chi connectivity index (χ1v) is 11.2. The number of carboxylic acid groups (broad SMARTS) is 2. The van der Waals surface area contributed by atoms with Crippen molar-refractivity contribution in [1.82, 2.24) is 0 Å². The van der Waals surface area contributed by atoms with Gasteiger partial charge in [0.15, 0.2) is 0 Å². The van der Waals surface area contributed by atoms with Gasteiger partial charge in [0.2, 0.25) is 0 Å².